The Morgan fingerprint density at radius 3 is 2.32 bits per heavy atom. The van der Waals surface area contributed by atoms with Gasteiger partial charge in [-0.05, 0) is 31.5 Å². The summed E-state index contributed by atoms with van der Waals surface area (Å²) in [5.41, 5.74) is 3.74. The van der Waals surface area contributed by atoms with E-state index in [2.05, 4.69) is 10.3 Å². The molecule has 0 aliphatic heterocycles. The molecule has 0 aliphatic carbocycles. The van der Waals surface area contributed by atoms with Crippen LogP contribution in [0.2, 0.25) is 0 Å². The molecule has 0 saturated carbocycles. The zero-order chi connectivity index (χ0) is 22.2. The quantitative estimate of drug-likeness (QED) is 0.576. The second-order valence-electron chi connectivity index (χ2n) is 7.01. The lowest BCUT2D eigenvalue weighted by Gasteiger charge is -2.06. The molecular weight excluding hydrogens is 414 g/mol. The maximum absolute atomic E-state index is 12.1. The first-order valence-electron chi connectivity index (χ1n) is 9.68. The van der Waals surface area contributed by atoms with E-state index in [1.807, 2.05) is 66.4 Å². The minimum absolute atomic E-state index is 0.327. The second-order valence-corrected chi connectivity index (χ2v) is 7.89. The van der Waals surface area contributed by atoms with Gasteiger partial charge >= 0.3 is 5.97 Å². The molecule has 1 aromatic heterocycles. The zero-order valence-electron chi connectivity index (χ0n) is 17.3. The highest BCUT2D eigenvalue weighted by Crippen LogP contribution is 2.05. The molecule has 2 aromatic carbocycles. The first kappa shape index (κ1) is 22.2. The van der Waals surface area contributed by atoms with Crippen LogP contribution in [0.1, 0.15) is 27.0 Å². The number of carbonyl (C=O) groups is 3. The van der Waals surface area contributed by atoms with Crippen LogP contribution in [0.4, 0.5) is 0 Å². The maximum atomic E-state index is 12.1. The molecule has 31 heavy (non-hydrogen) atoms. The summed E-state index contributed by atoms with van der Waals surface area (Å²) in [6.45, 7) is 3.71. The Kier molecular flexibility index (Phi) is 7.50. The topological polar surface area (TPSA) is 89.8 Å². The van der Waals surface area contributed by atoms with Crippen molar-refractivity contribution in [3.8, 4) is 0 Å². The van der Waals surface area contributed by atoms with Crippen LogP contribution in [-0.4, -0.2) is 35.5 Å². The van der Waals surface area contributed by atoms with Crippen molar-refractivity contribution in [1.82, 2.24) is 9.88 Å². The minimum atomic E-state index is -0.706. The summed E-state index contributed by atoms with van der Waals surface area (Å²) in [6, 6.07) is 15.1. The van der Waals surface area contributed by atoms with Crippen molar-refractivity contribution >= 4 is 29.1 Å². The molecule has 0 fully saturated rings. The monoisotopic (exact) mass is 437 g/mol. The van der Waals surface area contributed by atoms with Gasteiger partial charge in [-0.3, -0.25) is 14.4 Å². The Labute approximate surface area is 184 Å². The summed E-state index contributed by atoms with van der Waals surface area (Å²) >= 11 is 1.33. The molecule has 8 heteroatoms. The normalized spacial score (nSPS) is 11.2. The van der Waals surface area contributed by atoms with Crippen LogP contribution in [0.5, 0.6) is 0 Å². The van der Waals surface area contributed by atoms with Gasteiger partial charge in [0.05, 0.1) is 0 Å². The van der Waals surface area contributed by atoms with Gasteiger partial charge < -0.3 is 14.6 Å². The lowest BCUT2D eigenvalue weighted by Crippen LogP contribution is -2.31. The Morgan fingerprint density at radius 2 is 1.65 bits per heavy atom. The Bertz CT molecular complexity index is 1130. The summed E-state index contributed by atoms with van der Waals surface area (Å²) in [5, 5.41) is 4.31. The molecule has 0 saturated heterocycles. The number of aromatic nitrogens is 1. The average molecular weight is 438 g/mol. The van der Waals surface area contributed by atoms with Gasteiger partial charge in [0, 0.05) is 23.7 Å². The van der Waals surface area contributed by atoms with Crippen LogP contribution in [0.15, 0.2) is 65.1 Å². The van der Waals surface area contributed by atoms with E-state index in [4.69, 9.17) is 4.74 Å². The van der Waals surface area contributed by atoms with Crippen LogP contribution >= 0.6 is 11.3 Å². The number of ether oxygens (including phenoxy) is 1. The number of esters is 1. The van der Waals surface area contributed by atoms with E-state index in [9.17, 15) is 14.4 Å². The molecule has 2 amide bonds. The largest absolute Gasteiger partial charge is 0.454 e. The standard InChI is InChI=1S/C23H23N3O4S/c1-16-3-7-18(8-4-16)14-26-11-12-31-23(26)25-20(27)15-30-21(28)13-24-22(29)19-9-5-17(2)6-10-19/h3-12H,13-15H2,1-2H3,(H,24,29). The predicted molar refractivity (Wildman–Crippen MR) is 118 cm³/mol. The van der Waals surface area contributed by atoms with Gasteiger partial charge in [0.2, 0.25) is 0 Å². The number of rotatable bonds is 7. The number of thiazole rings is 1. The highest BCUT2D eigenvalue weighted by atomic mass is 32.1. The number of hydrogen-bond donors (Lipinski definition) is 1. The molecule has 160 valence electrons. The Balaban J connectivity index is 1.49. The smallest absolute Gasteiger partial charge is 0.325 e. The number of benzene rings is 2. The lowest BCUT2D eigenvalue weighted by molar-refractivity contribution is -0.146. The molecule has 1 heterocycles. The fourth-order valence-corrected chi connectivity index (χ4v) is 3.43. The van der Waals surface area contributed by atoms with Crippen LogP contribution in [0.25, 0.3) is 0 Å². The highest BCUT2D eigenvalue weighted by molar-refractivity contribution is 7.07. The third kappa shape index (κ3) is 6.75. The molecule has 0 aliphatic rings. The molecule has 0 radical (unpaired) electrons. The third-order valence-corrected chi connectivity index (χ3v) is 5.21. The van der Waals surface area contributed by atoms with E-state index >= 15 is 0 Å². The van der Waals surface area contributed by atoms with Gasteiger partial charge in [0.15, 0.2) is 11.4 Å². The van der Waals surface area contributed by atoms with Crippen molar-refractivity contribution in [2.45, 2.75) is 20.4 Å². The fourth-order valence-electron chi connectivity index (χ4n) is 2.69. The highest BCUT2D eigenvalue weighted by Gasteiger charge is 2.11. The van der Waals surface area contributed by atoms with Crippen molar-refractivity contribution in [2.75, 3.05) is 13.2 Å². The summed E-state index contributed by atoms with van der Waals surface area (Å²) in [5.74, 6) is -1.66. The van der Waals surface area contributed by atoms with Crippen molar-refractivity contribution < 1.29 is 19.1 Å². The maximum Gasteiger partial charge on any atom is 0.325 e. The predicted octanol–water partition coefficient (Wildman–Crippen LogP) is 2.62. The van der Waals surface area contributed by atoms with Gasteiger partial charge in [-0.1, -0.05) is 47.5 Å². The van der Waals surface area contributed by atoms with Crippen molar-refractivity contribution in [2.24, 2.45) is 4.99 Å². The first-order valence-corrected chi connectivity index (χ1v) is 10.6. The Hall–Kier alpha value is -3.52. The van der Waals surface area contributed by atoms with Gasteiger partial charge in [0.1, 0.15) is 6.54 Å². The number of amides is 2. The van der Waals surface area contributed by atoms with E-state index in [1.165, 1.54) is 16.9 Å². The van der Waals surface area contributed by atoms with Crippen LogP contribution < -0.4 is 10.1 Å². The first-order chi connectivity index (χ1) is 14.9. The summed E-state index contributed by atoms with van der Waals surface area (Å²) in [6.07, 6.45) is 1.85. The molecular formula is C23H23N3O4S. The summed E-state index contributed by atoms with van der Waals surface area (Å²) in [7, 11) is 0. The Morgan fingerprint density at radius 1 is 1.00 bits per heavy atom. The van der Waals surface area contributed by atoms with Crippen LogP contribution in [0.3, 0.4) is 0 Å². The number of aryl methyl sites for hydroxylation is 2. The van der Waals surface area contributed by atoms with Crippen molar-refractivity contribution in [1.29, 1.82) is 0 Å². The number of carbonyl (C=O) groups excluding carboxylic acids is 3. The van der Waals surface area contributed by atoms with E-state index in [0.29, 0.717) is 16.9 Å². The van der Waals surface area contributed by atoms with E-state index in [0.717, 1.165) is 11.1 Å². The van der Waals surface area contributed by atoms with E-state index < -0.39 is 18.5 Å². The third-order valence-electron chi connectivity index (χ3n) is 4.42. The summed E-state index contributed by atoms with van der Waals surface area (Å²) < 4.78 is 6.79. The van der Waals surface area contributed by atoms with Crippen molar-refractivity contribution in [3.63, 3.8) is 0 Å². The minimum Gasteiger partial charge on any atom is -0.454 e. The molecule has 0 atom stereocenters. The zero-order valence-corrected chi connectivity index (χ0v) is 18.1. The number of hydrogen-bond acceptors (Lipinski definition) is 5. The van der Waals surface area contributed by atoms with Gasteiger partial charge in [-0.15, -0.1) is 11.3 Å². The number of nitrogens with one attached hydrogen (secondary N) is 1. The van der Waals surface area contributed by atoms with Crippen LogP contribution in [0, 0.1) is 13.8 Å². The molecule has 3 aromatic rings. The molecule has 7 nitrogen and oxygen atoms in total. The second kappa shape index (κ2) is 10.5. The molecule has 0 bridgehead atoms. The molecule has 0 unspecified atom stereocenters. The van der Waals surface area contributed by atoms with E-state index in [-0.39, 0.29) is 12.5 Å². The molecule has 0 spiro atoms. The molecule has 1 N–H and O–H groups in total. The number of nitrogens with zero attached hydrogens (tertiary/aromatic N) is 2. The van der Waals surface area contributed by atoms with Gasteiger partial charge in [-0.25, -0.2) is 0 Å². The molecule has 3 rings (SSSR count). The average Bonchev–Trinajstić information content (AvgIpc) is 3.19. The fraction of sp³-hybridized carbons (Fsp3) is 0.217. The summed E-state index contributed by atoms with van der Waals surface area (Å²) in [4.78, 5) is 40.5. The van der Waals surface area contributed by atoms with Gasteiger partial charge in [0.25, 0.3) is 11.8 Å². The SMILES string of the molecule is Cc1ccc(Cn2ccsc2=NC(=O)COC(=O)CNC(=O)c2ccc(C)cc2)cc1. The lowest BCUT2D eigenvalue weighted by atomic mass is 10.1. The van der Waals surface area contributed by atoms with Gasteiger partial charge in [-0.2, -0.15) is 4.99 Å². The van der Waals surface area contributed by atoms with E-state index in [1.54, 1.807) is 12.1 Å². The van der Waals surface area contributed by atoms with Crippen molar-refractivity contribution in [3.05, 3.63) is 87.2 Å². The van der Waals surface area contributed by atoms with Crippen LogP contribution in [-0.2, 0) is 20.9 Å².